The predicted molar refractivity (Wildman–Crippen MR) is 103 cm³/mol. The molecule has 2 aromatic carbocycles. The summed E-state index contributed by atoms with van der Waals surface area (Å²) in [4.78, 5) is 10.5. The highest BCUT2D eigenvalue weighted by Gasteiger charge is 2.21. The second-order valence-electron chi connectivity index (χ2n) is 6.76. The van der Waals surface area contributed by atoms with E-state index in [1.807, 2.05) is 36.4 Å². The lowest BCUT2D eigenvalue weighted by Gasteiger charge is -2.26. The number of para-hydroxylation sites is 2. The van der Waals surface area contributed by atoms with E-state index in [1.165, 1.54) is 5.56 Å². The zero-order valence-electron chi connectivity index (χ0n) is 15.4. The number of fused-ring (bicyclic) bond motifs is 1. The van der Waals surface area contributed by atoms with Crippen LogP contribution in [0.3, 0.4) is 0 Å². The maximum Gasteiger partial charge on any atom is 0.303 e. The third-order valence-electron chi connectivity index (χ3n) is 4.51. The van der Waals surface area contributed by atoms with Crippen LogP contribution in [0.1, 0.15) is 37.7 Å². The molecular weight excluding hydrogens is 344 g/mol. The fourth-order valence-corrected chi connectivity index (χ4v) is 3.08. The third-order valence-corrected chi connectivity index (χ3v) is 4.51. The normalized spacial score (nSPS) is 15.3. The van der Waals surface area contributed by atoms with E-state index in [1.54, 1.807) is 0 Å². The molecule has 0 spiro atoms. The monoisotopic (exact) mass is 370 g/mol. The first-order chi connectivity index (χ1) is 13.2. The Balaban J connectivity index is 1.40. The van der Waals surface area contributed by atoms with Crippen LogP contribution in [0.5, 0.6) is 17.2 Å². The lowest BCUT2D eigenvalue weighted by atomic mass is 10.1. The van der Waals surface area contributed by atoms with Crippen molar-refractivity contribution in [2.24, 2.45) is 0 Å². The van der Waals surface area contributed by atoms with Crippen LogP contribution < -0.4 is 14.2 Å². The second kappa shape index (κ2) is 9.86. The van der Waals surface area contributed by atoms with Crippen molar-refractivity contribution < 1.29 is 24.1 Å². The van der Waals surface area contributed by atoms with Crippen molar-refractivity contribution in [3.63, 3.8) is 0 Å². The van der Waals surface area contributed by atoms with Gasteiger partial charge in [-0.1, -0.05) is 37.1 Å². The van der Waals surface area contributed by atoms with Crippen LogP contribution in [0.4, 0.5) is 0 Å². The number of carbonyl (C=O) groups is 1. The standard InChI is InChI=1S/C22H26O5/c23-22(24)13-4-2-1-3-8-17-9-7-10-18(14-17)25-15-19-16-26-20-11-5-6-12-21(20)27-19/h5-7,9-12,14,19H,1-4,8,13,15-16H2,(H,23,24). The topological polar surface area (TPSA) is 65.0 Å². The summed E-state index contributed by atoms with van der Waals surface area (Å²) in [5.41, 5.74) is 1.23. The molecule has 5 nitrogen and oxygen atoms in total. The van der Waals surface area contributed by atoms with E-state index < -0.39 is 5.97 Å². The van der Waals surface area contributed by atoms with E-state index >= 15 is 0 Å². The van der Waals surface area contributed by atoms with Gasteiger partial charge in [-0.3, -0.25) is 4.79 Å². The number of aliphatic carboxylic acids is 1. The molecule has 5 heteroatoms. The molecule has 1 N–H and O–H groups in total. The number of hydrogen-bond donors (Lipinski definition) is 1. The van der Waals surface area contributed by atoms with Gasteiger partial charge in [0.25, 0.3) is 0 Å². The maximum absolute atomic E-state index is 10.5. The Hall–Kier alpha value is -2.69. The third kappa shape index (κ3) is 6.20. The Morgan fingerprint density at radius 1 is 1.04 bits per heavy atom. The quantitative estimate of drug-likeness (QED) is 0.625. The molecule has 0 aromatic heterocycles. The largest absolute Gasteiger partial charge is 0.490 e. The van der Waals surface area contributed by atoms with Gasteiger partial charge in [-0.2, -0.15) is 0 Å². The fraction of sp³-hybridized carbons (Fsp3) is 0.409. The first-order valence-corrected chi connectivity index (χ1v) is 9.53. The summed E-state index contributed by atoms with van der Waals surface area (Å²) in [6.07, 6.45) is 4.93. The summed E-state index contributed by atoms with van der Waals surface area (Å²) in [6, 6.07) is 15.8. The molecule has 144 valence electrons. The molecular formula is C22H26O5. The van der Waals surface area contributed by atoms with Crippen LogP contribution in [0.25, 0.3) is 0 Å². The molecule has 1 unspecified atom stereocenters. The highest BCUT2D eigenvalue weighted by Crippen LogP contribution is 2.31. The maximum atomic E-state index is 10.5. The van der Waals surface area contributed by atoms with Crippen LogP contribution in [-0.2, 0) is 11.2 Å². The smallest absolute Gasteiger partial charge is 0.303 e. The summed E-state index contributed by atoms with van der Waals surface area (Å²) in [6.45, 7) is 0.917. The number of aryl methyl sites for hydroxylation is 1. The van der Waals surface area contributed by atoms with E-state index in [2.05, 4.69) is 12.1 Å². The number of carboxylic acids is 1. The average molecular weight is 370 g/mol. The van der Waals surface area contributed by atoms with Gasteiger partial charge in [-0.15, -0.1) is 0 Å². The minimum absolute atomic E-state index is 0.127. The van der Waals surface area contributed by atoms with Crippen molar-refractivity contribution in [3.8, 4) is 17.2 Å². The summed E-state index contributed by atoms with van der Waals surface area (Å²) in [5, 5.41) is 8.64. The van der Waals surface area contributed by atoms with Gasteiger partial charge in [0, 0.05) is 6.42 Å². The van der Waals surface area contributed by atoms with Gasteiger partial charge >= 0.3 is 5.97 Å². The van der Waals surface area contributed by atoms with Gasteiger partial charge in [0.05, 0.1) is 0 Å². The number of carboxylic acid groups (broad SMARTS) is 1. The van der Waals surface area contributed by atoms with Crippen molar-refractivity contribution >= 4 is 5.97 Å². The average Bonchev–Trinajstić information content (AvgIpc) is 2.69. The van der Waals surface area contributed by atoms with Crippen LogP contribution in [-0.4, -0.2) is 30.4 Å². The minimum Gasteiger partial charge on any atom is -0.490 e. The molecule has 0 saturated heterocycles. The number of unbranched alkanes of at least 4 members (excludes halogenated alkanes) is 3. The van der Waals surface area contributed by atoms with Crippen LogP contribution in [0, 0.1) is 0 Å². The van der Waals surface area contributed by atoms with Crippen molar-refractivity contribution in [1.29, 1.82) is 0 Å². The molecule has 0 bridgehead atoms. The number of benzene rings is 2. The molecule has 0 radical (unpaired) electrons. The molecule has 0 saturated carbocycles. The highest BCUT2D eigenvalue weighted by molar-refractivity contribution is 5.66. The molecule has 0 amide bonds. The Morgan fingerprint density at radius 2 is 1.85 bits per heavy atom. The summed E-state index contributed by atoms with van der Waals surface area (Å²) in [5.74, 6) is 1.66. The van der Waals surface area contributed by atoms with Gasteiger partial charge in [0.2, 0.25) is 0 Å². The predicted octanol–water partition coefficient (Wildman–Crippen LogP) is 4.48. The van der Waals surface area contributed by atoms with Gasteiger partial charge in [0.15, 0.2) is 17.6 Å². The van der Waals surface area contributed by atoms with Gasteiger partial charge in [-0.05, 0) is 49.1 Å². The highest BCUT2D eigenvalue weighted by atomic mass is 16.6. The van der Waals surface area contributed by atoms with Gasteiger partial charge in [-0.25, -0.2) is 0 Å². The summed E-state index contributed by atoms with van der Waals surface area (Å²) < 4.78 is 17.5. The summed E-state index contributed by atoms with van der Waals surface area (Å²) in [7, 11) is 0. The zero-order valence-corrected chi connectivity index (χ0v) is 15.4. The molecule has 27 heavy (non-hydrogen) atoms. The van der Waals surface area contributed by atoms with Crippen LogP contribution in [0.2, 0.25) is 0 Å². The molecule has 2 aromatic rings. The van der Waals surface area contributed by atoms with E-state index in [0.29, 0.717) is 13.2 Å². The van der Waals surface area contributed by atoms with Crippen molar-refractivity contribution in [3.05, 3.63) is 54.1 Å². The molecule has 1 aliphatic rings. The second-order valence-corrected chi connectivity index (χ2v) is 6.76. The van der Waals surface area contributed by atoms with Crippen molar-refractivity contribution in [2.45, 2.75) is 44.6 Å². The SMILES string of the molecule is O=C(O)CCCCCCc1cccc(OCC2COc3ccccc3O2)c1. The van der Waals surface area contributed by atoms with Gasteiger partial charge in [0.1, 0.15) is 19.0 Å². The van der Waals surface area contributed by atoms with E-state index in [4.69, 9.17) is 19.3 Å². The molecule has 1 heterocycles. The van der Waals surface area contributed by atoms with Crippen molar-refractivity contribution in [1.82, 2.24) is 0 Å². The lowest BCUT2D eigenvalue weighted by Crippen LogP contribution is -2.34. The van der Waals surface area contributed by atoms with E-state index in [9.17, 15) is 4.79 Å². The molecule has 0 aliphatic carbocycles. The van der Waals surface area contributed by atoms with E-state index in [-0.39, 0.29) is 12.5 Å². The fourth-order valence-electron chi connectivity index (χ4n) is 3.08. The number of rotatable bonds is 10. The number of ether oxygens (including phenoxy) is 3. The van der Waals surface area contributed by atoms with Gasteiger partial charge < -0.3 is 19.3 Å². The van der Waals surface area contributed by atoms with Crippen LogP contribution >= 0.6 is 0 Å². The minimum atomic E-state index is -0.712. The Bertz CT molecular complexity index is 743. The van der Waals surface area contributed by atoms with Crippen LogP contribution in [0.15, 0.2) is 48.5 Å². The molecule has 3 rings (SSSR count). The van der Waals surface area contributed by atoms with Crippen molar-refractivity contribution in [2.75, 3.05) is 13.2 Å². The lowest BCUT2D eigenvalue weighted by molar-refractivity contribution is -0.137. The Morgan fingerprint density at radius 3 is 2.70 bits per heavy atom. The molecule has 1 atom stereocenters. The van der Waals surface area contributed by atoms with E-state index in [0.717, 1.165) is 49.4 Å². The molecule has 1 aliphatic heterocycles. The first-order valence-electron chi connectivity index (χ1n) is 9.53. The Kier molecular flexibility index (Phi) is 6.97. The zero-order chi connectivity index (χ0) is 18.9. The number of hydrogen-bond acceptors (Lipinski definition) is 4. The molecule has 0 fully saturated rings. The summed E-state index contributed by atoms with van der Waals surface area (Å²) >= 11 is 0. The Labute approximate surface area is 159 Å². The first kappa shape index (κ1) is 19.1.